The Labute approximate surface area is 121 Å². The number of hydrogen-bond donors (Lipinski definition) is 0. The number of nitro groups is 1. The fourth-order valence-corrected chi connectivity index (χ4v) is 2.79. The molecule has 0 aromatic carbocycles. The molecule has 0 atom stereocenters. The number of esters is 1. The minimum atomic E-state index is -0.523. The smallest absolute Gasteiger partial charge is 0.329 e. The van der Waals surface area contributed by atoms with Crippen molar-refractivity contribution in [2.75, 3.05) is 6.61 Å². The zero-order valence-corrected chi connectivity index (χ0v) is 11.9. The molecule has 110 valence electrons. The molecular formula is C12H16ClN3O4. The molecule has 1 fully saturated rings. The van der Waals surface area contributed by atoms with E-state index < -0.39 is 10.9 Å². The fourth-order valence-electron chi connectivity index (χ4n) is 2.53. The van der Waals surface area contributed by atoms with Gasteiger partial charge < -0.3 is 4.74 Å². The molecule has 8 heteroatoms. The van der Waals surface area contributed by atoms with Crippen molar-refractivity contribution in [1.82, 2.24) is 9.78 Å². The van der Waals surface area contributed by atoms with Crippen LogP contribution in [0.25, 0.3) is 0 Å². The van der Waals surface area contributed by atoms with Crippen LogP contribution in [0.15, 0.2) is 0 Å². The Morgan fingerprint density at radius 2 is 2.20 bits per heavy atom. The molecule has 7 nitrogen and oxygen atoms in total. The molecule has 0 N–H and O–H groups in total. The van der Waals surface area contributed by atoms with Crippen LogP contribution < -0.4 is 0 Å². The van der Waals surface area contributed by atoms with Crippen LogP contribution in [0.4, 0.5) is 5.69 Å². The molecule has 0 radical (unpaired) electrons. The van der Waals surface area contributed by atoms with E-state index >= 15 is 0 Å². The monoisotopic (exact) mass is 301 g/mol. The molecule has 0 unspecified atom stereocenters. The summed E-state index contributed by atoms with van der Waals surface area (Å²) in [7, 11) is 0. The van der Waals surface area contributed by atoms with E-state index in [1.807, 2.05) is 0 Å². The number of rotatable bonds is 5. The van der Waals surface area contributed by atoms with E-state index in [-0.39, 0.29) is 29.9 Å². The van der Waals surface area contributed by atoms with Crippen molar-refractivity contribution in [3.05, 3.63) is 21.0 Å². The molecule has 0 bridgehead atoms. The van der Waals surface area contributed by atoms with Gasteiger partial charge in [0.1, 0.15) is 12.2 Å². The maximum atomic E-state index is 11.5. The Bertz CT molecular complexity index is 523. The van der Waals surface area contributed by atoms with E-state index in [2.05, 4.69) is 5.10 Å². The first-order valence-corrected chi connectivity index (χ1v) is 6.98. The zero-order chi connectivity index (χ0) is 14.7. The van der Waals surface area contributed by atoms with Crippen molar-refractivity contribution in [2.45, 2.75) is 45.1 Å². The highest BCUT2D eigenvalue weighted by molar-refractivity contribution is 6.31. The number of hydrogen-bond acceptors (Lipinski definition) is 5. The van der Waals surface area contributed by atoms with Crippen LogP contribution in [0.2, 0.25) is 5.15 Å². The van der Waals surface area contributed by atoms with Gasteiger partial charge in [0.25, 0.3) is 0 Å². The first-order chi connectivity index (χ1) is 9.54. The second kappa shape index (κ2) is 6.21. The molecule has 1 aromatic rings. The zero-order valence-electron chi connectivity index (χ0n) is 11.2. The molecule has 0 aliphatic heterocycles. The lowest BCUT2D eigenvalue weighted by Gasteiger charge is -2.04. The number of carbonyl (C=O) groups is 1. The third-order valence-corrected chi connectivity index (χ3v) is 3.78. The van der Waals surface area contributed by atoms with E-state index in [0.717, 1.165) is 30.4 Å². The van der Waals surface area contributed by atoms with E-state index in [0.29, 0.717) is 5.69 Å². The number of ether oxygens (including phenoxy) is 1. The molecule has 0 spiro atoms. The lowest BCUT2D eigenvalue weighted by atomic mass is 10.0. The van der Waals surface area contributed by atoms with E-state index in [1.165, 1.54) is 0 Å². The van der Waals surface area contributed by atoms with Gasteiger partial charge in [0.2, 0.25) is 5.15 Å². The Kier molecular flexibility index (Phi) is 4.59. The highest BCUT2D eigenvalue weighted by atomic mass is 35.5. The quantitative estimate of drug-likeness (QED) is 0.474. The fraction of sp³-hybridized carbons (Fsp3) is 0.667. The van der Waals surface area contributed by atoms with Crippen LogP contribution in [0.1, 0.15) is 44.2 Å². The number of aromatic nitrogens is 2. The van der Waals surface area contributed by atoms with Gasteiger partial charge in [-0.25, -0.2) is 4.68 Å². The lowest BCUT2D eigenvalue weighted by molar-refractivity contribution is -0.385. The number of halogens is 1. The topological polar surface area (TPSA) is 87.3 Å². The SMILES string of the molecule is CCOC(=O)Cn1nc(C2CCCC2)c([N+](=O)[O-])c1Cl. The molecule has 1 aliphatic carbocycles. The summed E-state index contributed by atoms with van der Waals surface area (Å²) in [5.74, 6) is -0.457. The molecule has 1 heterocycles. The van der Waals surface area contributed by atoms with Crippen molar-refractivity contribution in [3.8, 4) is 0 Å². The van der Waals surface area contributed by atoms with Crippen molar-refractivity contribution < 1.29 is 14.5 Å². The predicted octanol–water partition coefficient (Wildman–Crippen LogP) is 2.67. The third kappa shape index (κ3) is 2.92. The van der Waals surface area contributed by atoms with Gasteiger partial charge >= 0.3 is 11.7 Å². The predicted molar refractivity (Wildman–Crippen MR) is 71.7 cm³/mol. The summed E-state index contributed by atoms with van der Waals surface area (Å²) >= 11 is 6.00. The average Bonchev–Trinajstić information content (AvgIpc) is 2.98. The van der Waals surface area contributed by atoms with Gasteiger partial charge in [0, 0.05) is 5.92 Å². The highest BCUT2D eigenvalue weighted by Crippen LogP contribution is 2.40. The van der Waals surface area contributed by atoms with Crippen LogP contribution in [0.5, 0.6) is 0 Å². The number of carbonyl (C=O) groups excluding carboxylic acids is 1. The first kappa shape index (κ1) is 14.8. The Morgan fingerprint density at radius 1 is 1.55 bits per heavy atom. The van der Waals surface area contributed by atoms with Gasteiger partial charge in [-0.2, -0.15) is 5.10 Å². The van der Waals surface area contributed by atoms with Gasteiger partial charge in [0.15, 0.2) is 0 Å². The van der Waals surface area contributed by atoms with Gasteiger partial charge in [-0.3, -0.25) is 14.9 Å². The van der Waals surface area contributed by atoms with E-state index in [1.54, 1.807) is 6.92 Å². The largest absolute Gasteiger partial charge is 0.465 e. The maximum Gasteiger partial charge on any atom is 0.329 e. The minimum Gasteiger partial charge on any atom is -0.465 e. The van der Waals surface area contributed by atoms with E-state index in [9.17, 15) is 14.9 Å². The van der Waals surface area contributed by atoms with Crippen LogP contribution in [0, 0.1) is 10.1 Å². The molecule has 1 aromatic heterocycles. The van der Waals surface area contributed by atoms with E-state index in [4.69, 9.17) is 16.3 Å². The van der Waals surface area contributed by atoms with Crippen molar-refractivity contribution in [1.29, 1.82) is 0 Å². The van der Waals surface area contributed by atoms with Crippen molar-refractivity contribution >= 4 is 23.3 Å². The molecule has 20 heavy (non-hydrogen) atoms. The lowest BCUT2D eigenvalue weighted by Crippen LogP contribution is -2.14. The summed E-state index contributed by atoms with van der Waals surface area (Å²) in [4.78, 5) is 22.1. The van der Waals surface area contributed by atoms with Gasteiger partial charge in [0.05, 0.1) is 11.5 Å². The molecule has 1 saturated carbocycles. The molecule has 2 rings (SSSR count). The summed E-state index contributed by atoms with van der Waals surface area (Å²) in [6, 6.07) is 0. The molecule has 0 saturated heterocycles. The summed E-state index contributed by atoms with van der Waals surface area (Å²) in [6.07, 6.45) is 3.80. The second-order valence-corrected chi connectivity index (χ2v) is 5.08. The maximum absolute atomic E-state index is 11.5. The standard InChI is InChI=1S/C12H16ClN3O4/c1-2-20-9(17)7-15-12(13)11(16(18)19)10(14-15)8-5-3-4-6-8/h8H,2-7H2,1H3. The molecule has 0 amide bonds. The van der Waals surface area contributed by atoms with Crippen LogP contribution in [-0.2, 0) is 16.1 Å². The number of nitrogens with zero attached hydrogens (tertiary/aromatic N) is 3. The van der Waals surface area contributed by atoms with Crippen LogP contribution in [0.3, 0.4) is 0 Å². The summed E-state index contributed by atoms with van der Waals surface area (Å²) in [6.45, 7) is 1.73. The van der Waals surface area contributed by atoms with Crippen LogP contribution in [-0.4, -0.2) is 27.3 Å². The third-order valence-electron chi connectivity index (χ3n) is 3.40. The average molecular weight is 302 g/mol. The summed E-state index contributed by atoms with van der Waals surface area (Å²) in [5.41, 5.74) is 0.213. The van der Waals surface area contributed by atoms with Gasteiger partial charge in [-0.1, -0.05) is 24.4 Å². The van der Waals surface area contributed by atoms with Gasteiger partial charge in [-0.15, -0.1) is 0 Å². The highest BCUT2D eigenvalue weighted by Gasteiger charge is 2.33. The Balaban J connectivity index is 2.31. The van der Waals surface area contributed by atoms with Crippen molar-refractivity contribution in [2.24, 2.45) is 0 Å². The minimum absolute atomic E-state index is 0.0522. The Hall–Kier alpha value is -1.63. The first-order valence-electron chi connectivity index (χ1n) is 6.60. The second-order valence-electron chi connectivity index (χ2n) is 4.73. The van der Waals surface area contributed by atoms with Crippen molar-refractivity contribution in [3.63, 3.8) is 0 Å². The summed E-state index contributed by atoms with van der Waals surface area (Å²) < 4.78 is 5.97. The van der Waals surface area contributed by atoms with Crippen LogP contribution >= 0.6 is 11.6 Å². The molecule has 1 aliphatic rings. The Morgan fingerprint density at radius 3 is 2.75 bits per heavy atom. The molecular weight excluding hydrogens is 286 g/mol. The summed E-state index contributed by atoms with van der Waals surface area (Å²) in [5, 5.41) is 15.2. The normalized spacial score (nSPS) is 15.5. The van der Waals surface area contributed by atoms with Gasteiger partial charge in [-0.05, 0) is 19.8 Å².